The van der Waals surface area contributed by atoms with Crippen molar-refractivity contribution in [3.05, 3.63) is 77.9 Å². The average molecular weight is 296 g/mol. The van der Waals surface area contributed by atoms with E-state index in [9.17, 15) is 4.39 Å². The molecule has 1 aromatic heterocycles. The molecule has 112 valence electrons. The fourth-order valence-corrected chi connectivity index (χ4v) is 2.79. The number of aliphatic imine (C=N–C) groups is 1. The van der Waals surface area contributed by atoms with E-state index in [4.69, 9.17) is 11.5 Å². The van der Waals surface area contributed by atoms with Crippen LogP contribution in [0.5, 0.6) is 0 Å². The molecule has 5 heteroatoms. The maximum absolute atomic E-state index is 14.4. The van der Waals surface area contributed by atoms with Gasteiger partial charge in [-0.05, 0) is 23.8 Å². The van der Waals surface area contributed by atoms with E-state index in [0.29, 0.717) is 0 Å². The van der Waals surface area contributed by atoms with Crippen molar-refractivity contribution in [1.82, 2.24) is 4.98 Å². The molecule has 0 amide bonds. The van der Waals surface area contributed by atoms with Crippen LogP contribution in [0.4, 0.5) is 4.39 Å². The van der Waals surface area contributed by atoms with E-state index in [1.165, 1.54) is 6.07 Å². The van der Waals surface area contributed by atoms with Crippen LogP contribution in [0.1, 0.15) is 17.2 Å². The number of nitrogens with zero attached hydrogens (tertiary/aromatic N) is 2. The van der Waals surface area contributed by atoms with E-state index >= 15 is 0 Å². The summed E-state index contributed by atoms with van der Waals surface area (Å²) in [5.74, 6) is -0.935. The van der Waals surface area contributed by atoms with Crippen LogP contribution in [0.15, 0.2) is 65.8 Å². The number of benzene rings is 1. The van der Waals surface area contributed by atoms with Crippen molar-refractivity contribution in [2.45, 2.75) is 17.6 Å². The number of pyridine rings is 1. The summed E-state index contributed by atoms with van der Waals surface area (Å²) in [5, 5.41) is 0. The van der Waals surface area contributed by atoms with Gasteiger partial charge in [0.05, 0.1) is 17.2 Å². The van der Waals surface area contributed by atoms with Gasteiger partial charge < -0.3 is 11.5 Å². The van der Waals surface area contributed by atoms with Crippen LogP contribution in [0.3, 0.4) is 0 Å². The van der Waals surface area contributed by atoms with Gasteiger partial charge in [0.25, 0.3) is 0 Å². The molecular formula is C17H17FN4. The van der Waals surface area contributed by atoms with Gasteiger partial charge in [-0.3, -0.25) is 9.98 Å². The maximum Gasteiger partial charge on any atom is 0.145 e. The van der Waals surface area contributed by atoms with Gasteiger partial charge >= 0.3 is 0 Å². The van der Waals surface area contributed by atoms with Crippen molar-refractivity contribution >= 4 is 6.21 Å². The number of hydrogen-bond donors (Lipinski definition) is 2. The molecule has 0 saturated heterocycles. The normalized spacial score (nSPS) is 25.1. The molecule has 1 aliphatic heterocycles. The van der Waals surface area contributed by atoms with Gasteiger partial charge in [-0.2, -0.15) is 0 Å². The zero-order chi connectivity index (χ0) is 15.6. The Morgan fingerprint density at radius 3 is 2.59 bits per heavy atom. The number of aromatic nitrogens is 1. The molecule has 3 rings (SSSR count). The average Bonchev–Trinajstić information content (AvgIpc) is 2.54. The Kier molecular flexibility index (Phi) is 3.83. The van der Waals surface area contributed by atoms with Gasteiger partial charge in [-0.15, -0.1) is 0 Å². The third-order valence-electron chi connectivity index (χ3n) is 3.92. The maximum atomic E-state index is 14.4. The quantitative estimate of drug-likeness (QED) is 0.909. The highest BCUT2D eigenvalue weighted by Gasteiger charge is 2.43. The molecule has 4 nitrogen and oxygen atoms in total. The van der Waals surface area contributed by atoms with Gasteiger partial charge in [0.2, 0.25) is 0 Å². The molecule has 0 fully saturated rings. The highest BCUT2D eigenvalue weighted by molar-refractivity contribution is 5.73. The van der Waals surface area contributed by atoms with Crippen molar-refractivity contribution in [2.24, 2.45) is 16.5 Å². The number of hydrogen-bond acceptors (Lipinski definition) is 4. The molecule has 1 aromatic carbocycles. The molecule has 3 unspecified atom stereocenters. The highest BCUT2D eigenvalue weighted by Crippen LogP contribution is 2.37. The Morgan fingerprint density at radius 1 is 1.14 bits per heavy atom. The minimum atomic E-state index is -1.05. The molecule has 0 bridgehead atoms. The van der Waals surface area contributed by atoms with Crippen LogP contribution in [-0.2, 0) is 0 Å². The van der Waals surface area contributed by atoms with Crippen LogP contribution in [0, 0.1) is 5.82 Å². The van der Waals surface area contributed by atoms with Crippen LogP contribution in [0.2, 0.25) is 0 Å². The Hall–Kier alpha value is -2.37. The molecule has 1 aliphatic rings. The summed E-state index contributed by atoms with van der Waals surface area (Å²) < 4.78 is 14.4. The Bertz CT molecular complexity index is 714. The first-order chi connectivity index (χ1) is 10.6. The van der Waals surface area contributed by atoms with Crippen molar-refractivity contribution < 1.29 is 4.39 Å². The molecular weight excluding hydrogens is 279 g/mol. The standard InChI is InChI=1S/C17H17FN4/c18-13-8-4-10-21-15(13)14(12-6-2-1-3-7-12)17(20)9-5-11-22-16(17)19/h1-11,14,16H,19-20H2. The zero-order valence-electron chi connectivity index (χ0n) is 11.9. The minimum absolute atomic E-state index is 0.272. The van der Waals surface area contributed by atoms with Crippen LogP contribution < -0.4 is 11.5 Å². The number of rotatable bonds is 3. The molecule has 4 N–H and O–H groups in total. The van der Waals surface area contributed by atoms with E-state index in [2.05, 4.69) is 9.98 Å². The van der Waals surface area contributed by atoms with Gasteiger partial charge in [0.1, 0.15) is 12.0 Å². The second kappa shape index (κ2) is 5.79. The molecule has 2 heterocycles. The van der Waals surface area contributed by atoms with E-state index in [0.717, 1.165) is 5.56 Å². The summed E-state index contributed by atoms with van der Waals surface area (Å²) in [7, 11) is 0. The molecule has 0 aliphatic carbocycles. The Labute approximate surface area is 128 Å². The van der Waals surface area contributed by atoms with Crippen molar-refractivity contribution in [3.8, 4) is 0 Å². The largest absolute Gasteiger partial charge is 0.318 e. The summed E-state index contributed by atoms with van der Waals surface area (Å²) in [5.41, 5.74) is 12.7. The van der Waals surface area contributed by atoms with Gasteiger partial charge in [-0.1, -0.05) is 36.4 Å². The summed E-state index contributed by atoms with van der Waals surface area (Å²) >= 11 is 0. The smallest absolute Gasteiger partial charge is 0.145 e. The second-order valence-corrected chi connectivity index (χ2v) is 5.32. The molecule has 0 spiro atoms. The number of nitrogens with two attached hydrogens (primary N) is 2. The van der Waals surface area contributed by atoms with Gasteiger partial charge in [-0.25, -0.2) is 4.39 Å². The number of allylic oxidation sites excluding steroid dienone is 1. The number of dihydropyridines is 1. The summed E-state index contributed by atoms with van der Waals surface area (Å²) in [6.45, 7) is 0. The van der Waals surface area contributed by atoms with E-state index in [-0.39, 0.29) is 5.69 Å². The Balaban J connectivity index is 2.19. The topological polar surface area (TPSA) is 77.3 Å². The van der Waals surface area contributed by atoms with Gasteiger partial charge in [0, 0.05) is 12.4 Å². The first-order valence-electron chi connectivity index (χ1n) is 7.04. The highest BCUT2D eigenvalue weighted by atomic mass is 19.1. The first kappa shape index (κ1) is 14.6. The van der Waals surface area contributed by atoms with E-state index < -0.39 is 23.4 Å². The summed E-state index contributed by atoms with van der Waals surface area (Å²) in [6, 6.07) is 12.4. The van der Waals surface area contributed by atoms with Crippen molar-refractivity contribution in [2.75, 3.05) is 0 Å². The summed E-state index contributed by atoms with van der Waals surface area (Å²) in [6.07, 6.45) is 5.99. The predicted octanol–water partition coefficient (Wildman–Crippen LogP) is 1.98. The lowest BCUT2D eigenvalue weighted by atomic mass is 9.74. The molecule has 3 atom stereocenters. The molecule has 2 aromatic rings. The fraction of sp³-hybridized carbons (Fsp3) is 0.176. The molecule has 22 heavy (non-hydrogen) atoms. The van der Waals surface area contributed by atoms with Crippen LogP contribution >= 0.6 is 0 Å². The SMILES string of the molecule is NC1N=CC=CC1(N)C(c1ccccc1)c1ncccc1F. The zero-order valence-corrected chi connectivity index (χ0v) is 11.9. The lowest BCUT2D eigenvalue weighted by molar-refractivity contribution is 0.372. The first-order valence-corrected chi connectivity index (χ1v) is 7.04. The molecule has 0 radical (unpaired) electrons. The monoisotopic (exact) mass is 296 g/mol. The third kappa shape index (κ3) is 2.45. The van der Waals surface area contributed by atoms with Crippen LogP contribution in [-0.4, -0.2) is 22.9 Å². The van der Waals surface area contributed by atoms with Gasteiger partial charge in [0.15, 0.2) is 0 Å². The lowest BCUT2D eigenvalue weighted by Gasteiger charge is -2.39. The van der Waals surface area contributed by atoms with E-state index in [1.807, 2.05) is 30.3 Å². The lowest BCUT2D eigenvalue weighted by Crippen LogP contribution is -2.58. The fourth-order valence-electron chi connectivity index (χ4n) is 2.79. The third-order valence-corrected chi connectivity index (χ3v) is 3.92. The van der Waals surface area contributed by atoms with E-state index in [1.54, 1.807) is 30.6 Å². The van der Waals surface area contributed by atoms with Crippen LogP contribution in [0.25, 0.3) is 0 Å². The molecule has 0 saturated carbocycles. The van der Waals surface area contributed by atoms with Crippen molar-refractivity contribution in [1.29, 1.82) is 0 Å². The van der Waals surface area contributed by atoms with Crippen molar-refractivity contribution in [3.63, 3.8) is 0 Å². The second-order valence-electron chi connectivity index (χ2n) is 5.32. The summed E-state index contributed by atoms with van der Waals surface area (Å²) in [4.78, 5) is 8.39. The minimum Gasteiger partial charge on any atom is -0.318 e. The Morgan fingerprint density at radius 2 is 1.91 bits per heavy atom. The number of halogens is 1. The predicted molar refractivity (Wildman–Crippen MR) is 85.0 cm³/mol.